The van der Waals surface area contributed by atoms with Gasteiger partial charge in [0, 0.05) is 24.4 Å². The zero-order valence-electron chi connectivity index (χ0n) is 10.5. The highest BCUT2D eigenvalue weighted by Crippen LogP contribution is 2.17. The van der Waals surface area contributed by atoms with E-state index in [1.165, 1.54) is 23.1 Å². The number of benzene rings is 1. The third-order valence-electron chi connectivity index (χ3n) is 2.35. The minimum absolute atomic E-state index is 0.0192. The predicted molar refractivity (Wildman–Crippen MR) is 69.6 cm³/mol. The molecular formula is C12H14N4O3. The molecule has 0 radical (unpaired) electrons. The highest BCUT2D eigenvalue weighted by atomic mass is 16.6. The van der Waals surface area contributed by atoms with Crippen molar-refractivity contribution in [1.29, 1.82) is 5.26 Å². The number of nitro groups is 1. The number of hydrogen-bond donors (Lipinski definition) is 1. The number of urea groups is 1. The number of anilines is 1. The van der Waals surface area contributed by atoms with Crippen LogP contribution in [0.3, 0.4) is 0 Å². The summed E-state index contributed by atoms with van der Waals surface area (Å²) in [6, 6.07) is 7.12. The van der Waals surface area contributed by atoms with Gasteiger partial charge in [0.25, 0.3) is 5.69 Å². The van der Waals surface area contributed by atoms with E-state index in [0.29, 0.717) is 12.2 Å². The lowest BCUT2D eigenvalue weighted by atomic mass is 10.3. The topological polar surface area (TPSA) is 99.3 Å². The van der Waals surface area contributed by atoms with Crippen LogP contribution in [0.5, 0.6) is 0 Å². The molecule has 0 heterocycles. The van der Waals surface area contributed by atoms with Crippen molar-refractivity contribution in [2.75, 3.05) is 18.4 Å². The molecule has 0 fully saturated rings. The summed E-state index contributed by atoms with van der Waals surface area (Å²) in [6.45, 7) is 2.33. The van der Waals surface area contributed by atoms with Crippen LogP contribution in [0.2, 0.25) is 0 Å². The van der Waals surface area contributed by atoms with Gasteiger partial charge in [-0.25, -0.2) is 4.79 Å². The van der Waals surface area contributed by atoms with E-state index in [1.54, 1.807) is 6.07 Å². The van der Waals surface area contributed by atoms with Crippen molar-refractivity contribution in [1.82, 2.24) is 4.90 Å². The average Bonchev–Trinajstić information content (AvgIpc) is 2.38. The molecule has 7 nitrogen and oxygen atoms in total. The predicted octanol–water partition coefficient (Wildman–Crippen LogP) is 2.36. The third-order valence-corrected chi connectivity index (χ3v) is 2.35. The Labute approximate surface area is 110 Å². The average molecular weight is 262 g/mol. The lowest BCUT2D eigenvalue weighted by Crippen LogP contribution is -2.35. The number of nitro benzene ring substituents is 1. The van der Waals surface area contributed by atoms with Crippen LogP contribution in [0.15, 0.2) is 24.3 Å². The molecule has 0 atom stereocenters. The van der Waals surface area contributed by atoms with Crippen molar-refractivity contribution < 1.29 is 9.72 Å². The molecule has 7 heteroatoms. The fourth-order valence-electron chi connectivity index (χ4n) is 1.51. The van der Waals surface area contributed by atoms with Crippen LogP contribution in [0.25, 0.3) is 0 Å². The van der Waals surface area contributed by atoms with Crippen LogP contribution >= 0.6 is 0 Å². The van der Waals surface area contributed by atoms with E-state index in [-0.39, 0.29) is 12.2 Å². The van der Waals surface area contributed by atoms with Gasteiger partial charge in [0.15, 0.2) is 0 Å². The molecule has 0 saturated heterocycles. The Morgan fingerprint density at radius 3 is 2.89 bits per heavy atom. The number of carbonyl (C=O) groups excluding carboxylic acids is 1. The number of hydrogen-bond acceptors (Lipinski definition) is 4. The van der Waals surface area contributed by atoms with Crippen LogP contribution < -0.4 is 5.32 Å². The highest BCUT2D eigenvalue weighted by molar-refractivity contribution is 5.89. The van der Waals surface area contributed by atoms with Gasteiger partial charge in [0.2, 0.25) is 0 Å². The second-order valence-electron chi connectivity index (χ2n) is 3.82. The molecular weight excluding hydrogens is 248 g/mol. The number of carbonyl (C=O) groups is 1. The van der Waals surface area contributed by atoms with E-state index in [1.807, 2.05) is 13.0 Å². The van der Waals surface area contributed by atoms with E-state index in [4.69, 9.17) is 5.26 Å². The maximum Gasteiger partial charge on any atom is 0.322 e. The quantitative estimate of drug-likeness (QED) is 0.500. The van der Waals surface area contributed by atoms with Crippen molar-refractivity contribution in [3.05, 3.63) is 34.4 Å². The number of non-ortho nitro benzene ring substituents is 1. The molecule has 0 aliphatic rings. The molecule has 1 aromatic carbocycles. The Balaban J connectivity index is 2.77. The van der Waals surface area contributed by atoms with E-state index in [0.717, 1.165) is 6.42 Å². The number of nitrogens with zero attached hydrogens (tertiary/aromatic N) is 3. The van der Waals surface area contributed by atoms with Crippen molar-refractivity contribution in [3.63, 3.8) is 0 Å². The van der Waals surface area contributed by atoms with Crippen LogP contribution in [0, 0.1) is 21.4 Å². The molecule has 100 valence electrons. The monoisotopic (exact) mass is 262 g/mol. The largest absolute Gasteiger partial charge is 0.322 e. The highest BCUT2D eigenvalue weighted by Gasteiger charge is 2.13. The summed E-state index contributed by atoms with van der Waals surface area (Å²) in [5.74, 6) is 0. The smallest absolute Gasteiger partial charge is 0.311 e. The van der Waals surface area contributed by atoms with Gasteiger partial charge < -0.3 is 10.2 Å². The molecule has 1 N–H and O–H groups in total. The lowest BCUT2D eigenvalue weighted by Gasteiger charge is -2.19. The molecule has 2 amide bonds. The van der Waals surface area contributed by atoms with Gasteiger partial charge in [0.05, 0.1) is 11.0 Å². The Bertz CT molecular complexity index is 510. The van der Waals surface area contributed by atoms with Crippen LogP contribution in [-0.4, -0.2) is 28.9 Å². The number of amides is 2. The minimum Gasteiger partial charge on any atom is -0.311 e. The first-order valence-electron chi connectivity index (χ1n) is 5.75. The summed E-state index contributed by atoms with van der Waals surface area (Å²) in [5, 5.41) is 21.8. The van der Waals surface area contributed by atoms with E-state index < -0.39 is 11.0 Å². The Hall–Kier alpha value is -2.62. The molecule has 0 aliphatic heterocycles. The molecule has 0 spiro atoms. The standard InChI is InChI=1S/C12H14N4O3/c1-2-7-15(8-6-13)12(17)14-10-4-3-5-11(9-10)16(18)19/h3-5,9H,2,7-8H2,1H3,(H,14,17). The van der Waals surface area contributed by atoms with Crippen LogP contribution in [0.1, 0.15) is 13.3 Å². The van der Waals surface area contributed by atoms with Crippen molar-refractivity contribution in [2.24, 2.45) is 0 Å². The summed E-state index contributed by atoms with van der Waals surface area (Å²) in [4.78, 5) is 23.3. The maximum absolute atomic E-state index is 11.9. The van der Waals surface area contributed by atoms with Gasteiger partial charge in [-0.05, 0) is 12.5 Å². The van der Waals surface area contributed by atoms with Crippen molar-refractivity contribution >= 4 is 17.4 Å². The Kier molecular flexibility index (Phi) is 5.29. The zero-order valence-corrected chi connectivity index (χ0v) is 10.5. The van der Waals surface area contributed by atoms with Gasteiger partial charge in [-0.15, -0.1) is 0 Å². The van der Waals surface area contributed by atoms with Crippen LogP contribution in [0.4, 0.5) is 16.2 Å². The number of nitriles is 1. The fraction of sp³-hybridized carbons (Fsp3) is 0.333. The zero-order chi connectivity index (χ0) is 14.3. The first-order chi connectivity index (χ1) is 9.08. The lowest BCUT2D eigenvalue weighted by molar-refractivity contribution is -0.384. The van der Waals surface area contributed by atoms with Crippen LogP contribution in [-0.2, 0) is 0 Å². The molecule has 0 bridgehead atoms. The molecule has 19 heavy (non-hydrogen) atoms. The third kappa shape index (κ3) is 4.27. The summed E-state index contributed by atoms with van der Waals surface area (Å²) in [5.41, 5.74) is 0.235. The molecule has 0 saturated carbocycles. The Morgan fingerprint density at radius 2 is 2.32 bits per heavy atom. The van der Waals surface area contributed by atoms with Gasteiger partial charge in [-0.3, -0.25) is 10.1 Å². The summed E-state index contributed by atoms with van der Waals surface area (Å²) >= 11 is 0. The summed E-state index contributed by atoms with van der Waals surface area (Å²) in [7, 11) is 0. The normalized spacial score (nSPS) is 9.47. The second kappa shape index (κ2) is 6.96. The van der Waals surface area contributed by atoms with Gasteiger partial charge in [0.1, 0.15) is 6.54 Å². The minimum atomic E-state index is -0.533. The SMILES string of the molecule is CCCN(CC#N)C(=O)Nc1cccc([N+](=O)[O-])c1. The molecule has 0 unspecified atom stereocenters. The van der Waals surface area contributed by atoms with Gasteiger partial charge >= 0.3 is 6.03 Å². The molecule has 1 aromatic rings. The number of rotatable bonds is 5. The molecule has 1 rings (SSSR count). The van der Waals surface area contributed by atoms with E-state index in [9.17, 15) is 14.9 Å². The number of nitrogens with one attached hydrogen (secondary N) is 1. The summed E-state index contributed by atoms with van der Waals surface area (Å²) < 4.78 is 0. The first kappa shape index (κ1) is 14.4. The van der Waals surface area contributed by atoms with Gasteiger partial charge in [-0.2, -0.15) is 5.26 Å². The maximum atomic E-state index is 11.9. The van der Waals surface area contributed by atoms with Crippen molar-refractivity contribution in [2.45, 2.75) is 13.3 Å². The van der Waals surface area contributed by atoms with E-state index in [2.05, 4.69) is 5.32 Å². The first-order valence-corrected chi connectivity index (χ1v) is 5.75. The summed E-state index contributed by atoms with van der Waals surface area (Å²) in [6.07, 6.45) is 0.726. The van der Waals surface area contributed by atoms with Crippen molar-refractivity contribution in [3.8, 4) is 6.07 Å². The second-order valence-corrected chi connectivity index (χ2v) is 3.82. The fourth-order valence-corrected chi connectivity index (χ4v) is 1.51. The van der Waals surface area contributed by atoms with E-state index >= 15 is 0 Å². The molecule has 0 aliphatic carbocycles. The Morgan fingerprint density at radius 1 is 1.58 bits per heavy atom. The molecule has 0 aromatic heterocycles. The van der Waals surface area contributed by atoms with Gasteiger partial charge in [-0.1, -0.05) is 13.0 Å².